The molecule has 1 fully saturated rings. The Morgan fingerprint density at radius 3 is 1.80 bits per heavy atom. The van der Waals surface area contributed by atoms with Gasteiger partial charge in [0.05, 0.1) is 23.7 Å². The first kappa shape index (κ1) is 34.8. The molecule has 0 atom stereocenters. The maximum atomic E-state index is 5.96. The fourth-order valence-corrected chi connectivity index (χ4v) is 7.27. The van der Waals surface area contributed by atoms with Gasteiger partial charge in [-0.1, -0.05) is 23.2 Å². The van der Waals surface area contributed by atoms with Crippen molar-refractivity contribution in [2.45, 2.75) is 38.9 Å². The van der Waals surface area contributed by atoms with Crippen LogP contribution in [0.3, 0.4) is 0 Å². The Morgan fingerprint density at radius 1 is 0.680 bits per heavy atom. The zero-order valence-corrected chi connectivity index (χ0v) is 31.8. The van der Waals surface area contributed by atoms with Gasteiger partial charge in [-0.25, -0.2) is 9.97 Å². The minimum atomic E-state index is -0.476. The quantitative estimate of drug-likeness (QED) is 0.162. The van der Waals surface area contributed by atoms with Gasteiger partial charge in [0.2, 0.25) is 0 Å². The van der Waals surface area contributed by atoms with E-state index < -0.39 is 7.12 Å². The van der Waals surface area contributed by atoms with Crippen molar-refractivity contribution in [3.05, 3.63) is 111 Å². The Balaban J connectivity index is 0.000000123. The molecule has 7 heterocycles. The molecule has 6 aromatic heterocycles. The van der Waals surface area contributed by atoms with Crippen molar-refractivity contribution >= 4 is 96.5 Å². The van der Waals surface area contributed by atoms with Crippen molar-refractivity contribution in [3.63, 3.8) is 0 Å². The molecule has 8 aromatic rings. The predicted octanol–water partition coefficient (Wildman–Crippen LogP) is 12.0. The van der Waals surface area contributed by atoms with Gasteiger partial charge in [-0.2, -0.15) is 0 Å². The minimum Gasteiger partial charge on any atom is -0.472 e. The molecule has 1 saturated heterocycles. The van der Waals surface area contributed by atoms with E-state index in [-0.39, 0.29) is 11.2 Å². The third-order valence-corrected chi connectivity index (χ3v) is 11.2. The number of hydrogen-bond acceptors (Lipinski definition) is 10. The summed E-state index contributed by atoms with van der Waals surface area (Å²) < 4.78 is 34.4. The van der Waals surface area contributed by atoms with E-state index in [1.54, 1.807) is 53.8 Å². The maximum absolute atomic E-state index is 5.96. The summed E-state index contributed by atoms with van der Waals surface area (Å²) in [6.45, 7) is 8.08. The summed E-state index contributed by atoms with van der Waals surface area (Å²) in [5.41, 5.74) is 4.28. The molecule has 1 aliphatic heterocycles. The third-order valence-electron chi connectivity index (χ3n) is 8.24. The third kappa shape index (κ3) is 7.52. The topological polar surface area (TPSA) is 96.8 Å². The monoisotopic (exact) mass is 808 g/mol. The Kier molecular flexibility index (Phi) is 9.88. The molecule has 50 heavy (non-hydrogen) atoms. The predicted molar refractivity (Wildman–Crippen MR) is 204 cm³/mol. The summed E-state index contributed by atoms with van der Waals surface area (Å²) in [5.74, 6) is 0.744. The molecule has 0 saturated carbocycles. The second-order valence-corrected chi connectivity index (χ2v) is 15.7. The summed E-state index contributed by atoms with van der Waals surface area (Å²) in [7, 11) is -0.476. The van der Waals surface area contributed by atoms with Gasteiger partial charge in [0, 0.05) is 48.8 Å². The van der Waals surface area contributed by atoms with Crippen LogP contribution in [0.5, 0.6) is 0 Å². The minimum absolute atomic E-state index is 0.367. The molecule has 0 aliphatic carbocycles. The number of aromatic nitrogens is 2. The molecular formula is C36H28BBrCl2N2O6S2. The summed E-state index contributed by atoms with van der Waals surface area (Å²) >= 11 is 18.4. The van der Waals surface area contributed by atoms with Crippen LogP contribution in [-0.4, -0.2) is 28.3 Å². The van der Waals surface area contributed by atoms with E-state index in [1.807, 2.05) is 93.1 Å². The number of nitrogens with zero attached hydrogens (tertiary/aromatic N) is 2. The van der Waals surface area contributed by atoms with Gasteiger partial charge < -0.3 is 27.0 Å². The van der Waals surface area contributed by atoms with Crippen molar-refractivity contribution in [2.24, 2.45) is 0 Å². The number of hydrogen-bond donors (Lipinski definition) is 0. The Bertz CT molecular complexity index is 2350. The fourth-order valence-electron chi connectivity index (χ4n) is 4.91. The van der Waals surface area contributed by atoms with Crippen LogP contribution >= 0.6 is 61.8 Å². The number of benzene rings is 2. The van der Waals surface area contributed by atoms with Crippen molar-refractivity contribution < 1.29 is 27.0 Å². The van der Waals surface area contributed by atoms with Crippen LogP contribution in [0.15, 0.2) is 119 Å². The lowest BCUT2D eigenvalue weighted by atomic mass is 9.86. The van der Waals surface area contributed by atoms with E-state index in [4.69, 9.17) is 50.2 Å². The van der Waals surface area contributed by atoms with Gasteiger partial charge in [0.1, 0.15) is 49.7 Å². The maximum Gasteiger partial charge on any atom is 0.532 e. The van der Waals surface area contributed by atoms with Crippen molar-refractivity contribution in [3.8, 4) is 32.6 Å². The standard InChI is InChI=1S/C15H8ClNO2S.C14H16BClO3.C7H4BrNOS/c16-11-2-1-9-5-14(19-13(9)6-11)12-8-20-15(17-12)10-3-4-18-7-10;1-13(2)14(3,4)19-15(18-13)12-7-9-5-6-10(16)8-11(9)17-12;8-6-4-11-7(9-6)5-1-2-10-3-5/h1-8H;5-8H,1-4H3;1-4H. The number of furan rings is 4. The highest BCUT2D eigenvalue weighted by atomic mass is 79.9. The van der Waals surface area contributed by atoms with Gasteiger partial charge in [0.15, 0.2) is 5.76 Å². The van der Waals surface area contributed by atoms with E-state index in [1.165, 1.54) is 0 Å². The van der Waals surface area contributed by atoms with E-state index in [0.29, 0.717) is 15.7 Å². The average molecular weight is 810 g/mol. The normalized spacial score (nSPS) is 14.8. The van der Waals surface area contributed by atoms with E-state index >= 15 is 0 Å². The Labute approximate surface area is 314 Å². The first-order valence-electron chi connectivity index (χ1n) is 15.3. The Hall–Kier alpha value is -3.62. The summed E-state index contributed by atoms with van der Waals surface area (Å²) in [5, 5.41) is 9.14. The number of halogens is 3. The lowest BCUT2D eigenvalue weighted by Gasteiger charge is -2.32. The van der Waals surface area contributed by atoms with Gasteiger partial charge in [-0.15, -0.1) is 22.7 Å². The highest BCUT2D eigenvalue weighted by Gasteiger charge is 2.53. The SMILES string of the molecule is Brc1csc(-c2ccoc2)n1.CC1(C)OB(c2cc3ccc(Cl)cc3o2)OC1(C)C.Clc1ccc2cc(-c3csc(-c4ccoc4)n3)oc2c1. The highest BCUT2D eigenvalue weighted by Crippen LogP contribution is 2.37. The van der Waals surface area contributed by atoms with Crippen LogP contribution in [0.4, 0.5) is 0 Å². The fraction of sp³-hybridized carbons (Fsp3) is 0.167. The van der Waals surface area contributed by atoms with Crippen LogP contribution in [0.2, 0.25) is 10.0 Å². The molecule has 2 aromatic carbocycles. The van der Waals surface area contributed by atoms with Crippen LogP contribution in [0.25, 0.3) is 54.5 Å². The van der Waals surface area contributed by atoms with Gasteiger partial charge >= 0.3 is 7.12 Å². The molecule has 0 amide bonds. The molecule has 0 N–H and O–H groups in total. The largest absolute Gasteiger partial charge is 0.532 e. The summed E-state index contributed by atoms with van der Waals surface area (Å²) in [6, 6.07) is 18.9. The van der Waals surface area contributed by atoms with Crippen molar-refractivity contribution in [1.82, 2.24) is 9.97 Å². The lowest BCUT2D eigenvalue weighted by molar-refractivity contribution is 0.00578. The van der Waals surface area contributed by atoms with Crippen molar-refractivity contribution in [2.75, 3.05) is 0 Å². The van der Waals surface area contributed by atoms with E-state index in [2.05, 4.69) is 25.9 Å². The molecule has 0 spiro atoms. The molecule has 0 bridgehead atoms. The summed E-state index contributed by atoms with van der Waals surface area (Å²) in [4.78, 5) is 8.80. The number of fused-ring (bicyclic) bond motifs is 2. The molecule has 0 unspecified atom stereocenters. The molecular weight excluding hydrogens is 782 g/mol. The first-order chi connectivity index (χ1) is 23.9. The smallest absolute Gasteiger partial charge is 0.472 e. The van der Waals surface area contributed by atoms with E-state index in [0.717, 1.165) is 59.1 Å². The molecule has 9 rings (SSSR count). The van der Waals surface area contributed by atoms with Gasteiger partial charge in [-0.05, 0) is 98.2 Å². The molecule has 0 radical (unpaired) electrons. The molecule has 1 aliphatic rings. The van der Waals surface area contributed by atoms with Crippen LogP contribution in [0.1, 0.15) is 27.7 Å². The number of rotatable bonds is 4. The number of thiazole rings is 2. The molecule has 254 valence electrons. The van der Waals surface area contributed by atoms with Gasteiger partial charge in [-0.3, -0.25) is 0 Å². The van der Waals surface area contributed by atoms with Crippen LogP contribution in [0, 0.1) is 0 Å². The van der Waals surface area contributed by atoms with Crippen LogP contribution < -0.4 is 5.66 Å². The zero-order valence-electron chi connectivity index (χ0n) is 27.1. The van der Waals surface area contributed by atoms with E-state index in [9.17, 15) is 0 Å². The molecule has 8 nitrogen and oxygen atoms in total. The zero-order chi connectivity index (χ0) is 35.0. The van der Waals surface area contributed by atoms with Gasteiger partial charge in [0.25, 0.3) is 0 Å². The molecule has 14 heteroatoms. The highest BCUT2D eigenvalue weighted by molar-refractivity contribution is 9.10. The second-order valence-electron chi connectivity index (χ2n) is 12.2. The summed E-state index contributed by atoms with van der Waals surface area (Å²) in [6.07, 6.45) is 6.65. The van der Waals surface area contributed by atoms with Crippen molar-refractivity contribution in [1.29, 1.82) is 0 Å². The Morgan fingerprint density at radius 2 is 1.24 bits per heavy atom. The second kappa shape index (κ2) is 14.2. The lowest BCUT2D eigenvalue weighted by Crippen LogP contribution is -2.41. The van der Waals surface area contributed by atoms with Crippen LogP contribution in [-0.2, 0) is 9.31 Å². The first-order valence-corrected chi connectivity index (χ1v) is 18.6. The average Bonchev–Trinajstić information content (AvgIpc) is 3.91.